The molecule has 3 rings (SSSR count). The third kappa shape index (κ3) is 3.28. The van der Waals surface area contributed by atoms with Crippen LogP contribution in [-0.4, -0.2) is 5.11 Å². The van der Waals surface area contributed by atoms with Crippen molar-refractivity contribution in [3.8, 4) is 16.9 Å². The number of phenolic OH excluding ortho intramolecular Hbond substituents is 1. The maximum Gasteiger partial charge on any atom is 0.127 e. The molecule has 1 heteroatoms. The molecule has 0 amide bonds. The molecule has 0 bridgehead atoms. The van der Waals surface area contributed by atoms with E-state index in [4.69, 9.17) is 0 Å². The van der Waals surface area contributed by atoms with Gasteiger partial charge < -0.3 is 5.11 Å². The van der Waals surface area contributed by atoms with E-state index in [1.807, 2.05) is 6.07 Å². The summed E-state index contributed by atoms with van der Waals surface area (Å²) in [4.78, 5) is 0. The Balaban J connectivity index is 2.42. The van der Waals surface area contributed by atoms with E-state index in [1.165, 1.54) is 16.7 Å². The molecule has 0 saturated carbocycles. The number of hydrogen-bond donors (Lipinski definition) is 1. The van der Waals surface area contributed by atoms with E-state index >= 15 is 0 Å². The molecule has 0 atom stereocenters. The van der Waals surface area contributed by atoms with Gasteiger partial charge >= 0.3 is 0 Å². The molecular weight excluding hydrogens is 304 g/mol. The van der Waals surface area contributed by atoms with Crippen LogP contribution in [0.5, 0.6) is 5.75 Å². The molecule has 25 heavy (non-hydrogen) atoms. The third-order valence-corrected chi connectivity index (χ3v) is 4.87. The predicted octanol–water partition coefficient (Wildman–Crippen LogP) is 6.81. The van der Waals surface area contributed by atoms with Crippen molar-refractivity contribution in [1.82, 2.24) is 0 Å². The van der Waals surface area contributed by atoms with Crippen molar-refractivity contribution in [3.05, 3.63) is 65.7 Å². The zero-order valence-corrected chi connectivity index (χ0v) is 16.1. The van der Waals surface area contributed by atoms with Crippen LogP contribution in [0.1, 0.15) is 52.7 Å². The molecule has 0 heterocycles. The largest absolute Gasteiger partial charge is 0.507 e. The summed E-state index contributed by atoms with van der Waals surface area (Å²) in [5, 5.41) is 13.0. The highest BCUT2D eigenvalue weighted by atomic mass is 16.3. The van der Waals surface area contributed by atoms with Crippen LogP contribution in [0.25, 0.3) is 21.9 Å². The van der Waals surface area contributed by atoms with Crippen LogP contribution >= 0.6 is 0 Å². The van der Waals surface area contributed by atoms with Crippen LogP contribution in [0, 0.1) is 0 Å². The summed E-state index contributed by atoms with van der Waals surface area (Å²) in [6, 6.07) is 19.1. The van der Waals surface area contributed by atoms with Crippen LogP contribution in [0.15, 0.2) is 54.6 Å². The average molecular weight is 332 g/mol. The molecule has 0 aliphatic heterocycles. The topological polar surface area (TPSA) is 20.2 Å². The second-order valence-corrected chi connectivity index (χ2v) is 8.95. The number of fused-ring (bicyclic) bond motifs is 1. The Hall–Kier alpha value is -2.28. The lowest BCUT2D eigenvalue weighted by atomic mass is 9.80. The minimum atomic E-state index is -0.121. The van der Waals surface area contributed by atoms with E-state index in [9.17, 15) is 5.11 Å². The summed E-state index contributed by atoms with van der Waals surface area (Å²) in [6.45, 7) is 13.1. The monoisotopic (exact) mass is 332 g/mol. The number of benzene rings is 3. The van der Waals surface area contributed by atoms with Crippen molar-refractivity contribution in [2.45, 2.75) is 52.4 Å². The molecule has 0 aliphatic carbocycles. The molecule has 0 fully saturated rings. The molecule has 0 aromatic heterocycles. The van der Waals surface area contributed by atoms with Gasteiger partial charge in [0.1, 0.15) is 5.75 Å². The Morgan fingerprint density at radius 3 is 1.88 bits per heavy atom. The maximum atomic E-state index is 11.0. The van der Waals surface area contributed by atoms with Crippen LogP contribution in [0.4, 0.5) is 0 Å². The van der Waals surface area contributed by atoms with Gasteiger partial charge in [0.05, 0.1) is 0 Å². The number of rotatable bonds is 1. The van der Waals surface area contributed by atoms with Gasteiger partial charge in [0.2, 0.25) is 0 Å². The van der Waals surface area contributed by atoms with Crippen LogP contribution in [0.2, 0.25) is 0 Å². The summed E-state index contributed by atoms with van der Waals surface area (Å²) < 4.78 is 0. The summed E-state index contributed by atoms with van der Waals surface area (Å²) in [6.07, 6.45) is 0. The quantitative estimate of drug-likeness (QED) is 0.519. The summed E-state index contributed by atoms with van der Waals surface area (Å²) in [5.41, 5.74) is 4.58. The van der Waals surface area contributed by atoms with Crippen molar-refractivity contribution in [2.24, 2.45) is 0 Å². The van der Waals surface area contributed by atoms with Gasteiger partial charge in [-0.25, -0.2) is 0 Å². The van der Waals surface area contributed by atoms with Crippen LogP contribution < -0.4 is 0 Å². The van der Waals surface area contributed by atoms with E-state index in [0.29, 0.717) is 5.75 Å². The van der Waals surface area contributed by atoms with E-state index in [1.54, 1.807) is 0 Å². The number of aromatic hydroxyl groups is 1. The van der Waals surface area contributed by atoms with Gasteiger partial charge in [0.25, 0.3) is 0 Å². The molecule has 130 valence electrons. The van der Waals surface area contributed by atoms with Gasteiger partial charge in [-0.2, -0.15) is 0 Å². The van der Waals surface area contributed by atoms with Gasteiger partial charge in [-0.1, -0.05) is 84.0 Å². The number of hydrogen-bond acceptors (Lipinski definition) is 1. The average Bonchev–Trinajstić information content (AvgIpc) is 2.53. The lowest BCUT2D eigenvalue weighted by molar-refractivity contribution is 0.453. The first-order chi connectivity index (χ1) is 11.6. The Morgan fingerprint density at radius 2 is 1.32 bits per heavy atom. The van der Waals surface area contributed by atoms with Gasteiger partial charge in [-0.05, 0) is 45.0 Å². The first kappa shape index (κ1) is 17.5. The molecular formula is C24H28O. The molecule has 0 unspecified atom stereocenters. The predicted molar refractivity (Wildman–Crippen MR) is 108 cm³/mol. The molecule has 3 aromatic carbocycles. The van der Waals surface area contributed by atoms with Crippen LogP contribution in [-0.2, 0) is 10.8 Å². The smallest absolute Gasteiger partial charge is 0.127 e. The highest BCUT2D eigenvalue weighted by molar-refractivity contribution is 6.01. The molecule has 0 aliphatic rings. The zero-order chi connectivity index (χ0) is 18.4. The van der Waals surface area contributed by atoms with Crippen molar-refractivity contribution < 1.29 is 5.11 Å². The van der Waals surface area contributed by atoms with Crippen molar-refractivity contribution >= 4 is 10.8 Å². The summed E-state index contributed by atoms with van der Waals surface area (Å²) >= 11 is 0. The van der Waals surface area contributed by atoms with Crippen molar-refractivity contribution in [2.75, 3.05) is 0 Å². The van der Waals surface area contributed by atoms with E-state index in [2.05, 4.69) is 90.1 Å². The lowest BCUT2D eigenvalue weighted by Gasteiger charge is -2.25. The van der Waals surface area contributed by atoms with Gasteiger partial charge in [0, 0.05) is 10.9 Å². The Bertz CT molecular complexity index is 907. The fraction of sp³-hybridized carbons (Fsp3) is 0.333. The standard InChI is InChI=1S/C24H28O/c1-23(2,3)17-12-13-18-20(14-17)19(16-10-8-7-9-11-16)15-21(22(18)25)24(4,5)6/h7-15,25H,1-6H3. The normalized spacial score (nSPS) is 12.6. The molecule has 0 radical (unpaired) electrons. The third-order valence-electron chi connectivity index (χ3n) is 4.87. The summed E-state index contributed by atoms with van der Waals surface area (Å²) in [7, 11) is 0. The molecule has 1 nitrogen and oxygen atoms in total. The highest BCUT2D eigenvalue weighted by Gasteiger charge is 2.23. The van der Waals surface area contributed by atoms with Gasteiger partial charge in [-0.3, -0.25) is 0 Å². The fourth-order valence-corrected chi connectivity index (χ4v) is 3.30. The second kappa shape index (κ2) is 5.91. The van der Waals surface area contributed by atoms with Crippen molar-refractivity contribution in [1.29, 1.82) is 0 Å². The van der Waals surface area contributed by atoms with E-state index in [0.717, 1.165) is 16.3 Å². The van der Waals surface area contributed by atoms with Gasteiger partial charge in [-0.15, -0.1) is 0 Å². The molecule has 0 spiro atoms. The second-order valence-electron chi connectivity index (χ2n) is 8.95. The van der Waals surface area contributed by atoms with Crippen molar-refractivity contribution in [3.63, 3.8) is 0 Å². The first-order valence-electron chi connectivity index (χ1n) is 8.95. The highest BCUT2D eigenvalue weighted by Crippen LogP contribution is 2.43. The van der Waals surface area contributed by atoms with Crippen LogP contribution in [0.3, 0.4) is 0 Å². The minimum absolute atomic E-state index is 0.0699. The number of phenols is 1. The Labute approximate surface area is 151 Å². The molecule has 0 saturated heterocycles. The van der Waals surface area contributed by atoms with E-state index < -0.39 is 0 Å². The summed E-state index contributed by atoms with van der Waals surface area (Å²) in [5.74, 6) is 0.405. The Morgan fingerprint density at radius 1 is 0.680 bits per heavy atom. The zero-order valence-electron chi connectivity index (χ0n) is 16.1. The molecule has 3 aromatic rings. The maximum absolute atomic E-state index is 11.0. The first-order valence-corrected chi connectivity index (χ1v) is 8.95. The minimum Gasteiger partial charge on any atom is -0.507 e. The van der Waals surface area contributed by atoms with Gasteiger partial charge in [0.15, 0.2) is 0 Å². The fourth-order valence-electron chi connectivity index (χ4n) is 3.30. The SMILES string of the molecule is CC(C)(C)c1ccc2c(O)c(C(C)(C)C)cc(-c3ccccc3)c2c1. The molecule has 1 N–H and O–H groups in total. The Kier molecular flexibility index (Phi) is 4.15. The lowest BCUT2D eigenvalue weighted by Crippen LogP contribution is -2.13. The van der Waals surface area contributed by atoms with E-state index in [-0.39, 0.29) is 10.8 Å².